The predicted octanol–water partition coefficient (Wildman–Crippen LogP) is 4.16. The summed E-state index contributed by atoms with van der Waals surface area (Å²) in [6, 6.07) is 14.1. The Kier molecular flexibility index (Phi) is 5.32. The first-order valence-electron chi connectivity index (χ1n) is 9.78. The summed E-state index contributed by atoms with van der Waals surface area (Å²) in [6.07, 6.45) is 0.764. The fourth-order valence-corrected chi connectivity index (χ4v) is 4.61. The molecular formula is C22H25N5OS. The summed E-state index contributed by atoms with van der Waals surface area (Å²) in [7, 11) is 0. The number of rotatable bonds is 4. The number of aromatic nitrogens is 3. The van der Waals surface area contributed by atoms with Crippen molar-refractivity contribution < 1.29 is 4.79 Å². The van der Waals surface area contributed by atoms with Crippen LogP contribution in [0.5, 0.6) is 0 Å². The Balaban J connectivity index is 1.67. The number of benzene rings is 2. The maximum absolute atomic E-state index is 13.3. The zero-order valence-corrected chi connectivity index (χ0v) is 17.9. The molecule has 2 N–H and O–H groups in total. The highest BCUT2D eigenvalue weighted by atomic mass is 32.2. The van der Waals surface area contributed by atoms with E-state index in [0.717, 1.165) is 29.1 Å². The fourth-order valence-electron chi connectivity index (χ4n) is 3.51. The van der Waals surface area contributed by atoms with Crippen LogP contribution in [0.2, 0.25) is 0 Å². The number of hydrogen-bond acceptors (Lipinski definition) is 5. The smallest absolute Gasteiger partial charge is 0.240 e. The van der Waals surface area contributed by atoms with Crippen molar-refractivity contribution in [1.82, 2.24) is 14.9 Å². The SMILES string of the molecule is CCc1nnc2n1N[C@@H](c1ccc(C)cc1)[C@H](C(=O)Nc1ccc(C)cc1C)S2. The molecule has 0 radical (unpaired) electrons. The van der Waals surface area contributed by atoms with E-state index in [-0.39, 0.29) is 17.2 Å². The topological polar surface area (TPSA) is 71.8 Å². The lowest BCUT2D eigenvalue weighted by molar-refractivity contribution is -0.116. The summed E-state index contributed by atoms with van der Waals surface area (Å²) in [5, 5.41) is 12.0. The molecule has 4 rings (SSSR count). The molecule has 7 heteroatoms. The number of nitrogens with zero attached hydrogens (tertiary/aromatic N) is 3. The number of amides is 1. The first-order valence-corrected chi connectivity index (χ1v) is 10.7. The van der Waals surface area contributed by atoms with Crippen LogP contribution in [0.3, 0.4) is 0 Å². The number of thioether (sulfide) groups is 1. The van der Waals surface area contributed by atoms with Gasteiger partial charge in [-0.2, -0.15) is 0 Å². The molecule has 0 bridgehead atoms. The van der Waals surface area contributed by atoms with E-state index in [1.165, 1.54) is 22.9 Å². The number of hydrogen-bond donors (Lipinski definition) is 2. The highest BCUT2D eigenvalue weighted by molar-refractivity contribution is 8.00. The van der Waals surface area contributed by atoms with Gasteiger partial charge in [0.1, 0.15) is 5.25 Å². The zero-order chi connectivity index (χ0) is 20.5. The van der Waals surface area contributed by atoms with Crippen molar-refractivity contribution >= 4 is 23.4 Å². The first kappa shape index (κ1) is 19.5. The molecule has 1 amide bonds. The van der Waals surface area contributed by atoms with Gasteiger partial charge < -0.3 is 10.7 Å². The van der Waals surface area contributed by atoms with Crippen LogP contribution in [0.25, 0.3) is 0 Å². The summed E-state index contributed by atoms with van der Waals surface area (Å²) in [5.74, 6) is 0.810. The van der Waals surface area contributed by atoms with E-state index in [0.29, 0.717) is 5.16 Å². The molecule has 0 saturated carbocycles. The molecule has 0 fully saturated rings. The van der Waals surface area contributed by atoms with Gasteiger partial charge in [-0.25, -0.2) is 4.68 Å². The lowest BCUT2D eigenvalue weighted by atomic mass is 10.0. The number of carbonyl (C=O) groups excluding carboxylic acids is 1. The van der Waals surface area contributed by atoms with E-state index in [1.54, 1.807) is 0 Å². The monoisotopic (exact) mass is 407 g/mol. The number of carbonyl (C=O) groups is 1. The van der Waals surface area contributed by atoms with Crippen LogP contribution in [0.1, 0.15) is 41.0 Å². The number of aryl methyl sites for hydroxylation is 4. The van der Waals surface area contributed by atoms with Crippen molar-refractivity contribution in [3.63, 3.8) is 0 Å². The van der Waals surface area contributed by atoms with E-state index in [9.17, 15) is 4.79 Å². The largest absolute Gasteiger partial charge is 0.325 e. The van der Waals surface area contributed by atoms with E-state index in [4.69, 9.17) is 0 Å². The number of fused-ring (bicyclic) bond motifs is 1. The van der Waals surface area contributed by atoms with Gasteiger partial charge in [0.2, 0.25) is 11.1 Å². The van der Waals surface area contributed by atoms with Crippen LogP contribution in [-0.4, -0.2) is 26.0 Å². The third kappa shape index (κ3) is 3.87. The molecule has 2 aromatic carbocycles. The van der Waals surface area contributed by atoms with Crippen molar-refractivity contribution in [1.29, 1.82) is 0 Å². The fraction of sp³-hybridized carbons (Fsp3) is 0.318. The molecule has 2 heterocycles. The summed E-state index contributed by atoms with van der Waals surface area (Å²) < 4.78 is 1.91. The molecule has 6 nitrogen and oxygen atoms in total. The minimum Gasteiger partial charge on any atom is -0.325 e. The molecule has 3 aromatic rings. The standard InChI is InChI=1S/C22H25N5OS/c1-5-18-24-25-22-27(18)26-19(16-9-6-13(2)7-10-16)20(29-22)21(28)23-17-11-8-14(3)12-15(17)4/h6-12,19-20,26H,5H2,1-4H3,(H,23,28)/t19-,20+/m0/s1. The molecule has 1 aromatic heterocycles. The molecular weight excluding hydrogens is 382 g/mol. The lowest BCUT2D eigenvalue weighted by Gasteiger charge is -2.33. The Hall–Kier alpha value is -2.80. The summed E-state index contributed by atoms with van der Waals surface area (Å²) >= 11 is 1.45. The third-order valence-electron chi connectivity index (χ3n) is 5.15. The van der Waals surface area contributed by atoms with Crippen LogP contribution in [0.4, 0.5) is 5.69 Å². The molecule has 150 valence electrons. The van der Waals surface area contributed by atoms with Crippen molar-refractivity contribution in [3.05, 3.63) is 70.5 Å². The van der Waals surface area contributed by atoms with Crippen LogP contribution in [-0.2, 0) is 11.2 Å². The third-order valence-corrected chi connectivity index (χ3v) is 6.37. The van der Waals surface area contributed by atoms with Gasteiger partial charge in [0, 0.05) is 12.1 Å². The van der Waals surface area contributed by atoms with Gasteiger partial charge in [-0.15, -0.1) is 10.2 Å². The van der Waals surface area contributed by atoms with Crippen LogP contribution in [0, 0.1) is 20.8 Å². The second-order valence-corrected chi connectivity index (χ2v) is 8.56. The number of anilines is 1. The molecule has 0 aliphatic carbocycles. The van der Waals surface area contributed by atoms with Gasteiger partial charge in [0.05, 0.1) is 6.04 Å². The Labute approximate surface area is 175 Å². The Morgan fingerprint density at radius 3 is 2.52 bits per heavy atom. The number of nitrogens with one attached hydrogen (secondary N) is 2. The quantitative estimate of drug-likeness (QED) is 0.679. The van der Waals surface area contributed by atoms with Crippen LogP contribution in [0.15, 0.2) is 47.6 Å². The molecule has 2 atom stereocenters. The maximum atomic E-state index is 13.3. The van der Waals surface area contributed by atoms with Crippen LogP contribution < -0.4 is 10.7 Å². The van der Waals surface area contributed by atoms with E-state index >= 15 is 0 Å². The molecule has 1 aliphatic rings. The van der Waals surface area contributed by atoms with E-state index in [1.807, 2.05) is 37.6 Å². The van der Waals surface area contributed by atoms with Gasteiger partial charge in [-0.05, 0) is 38.0 Å². The molecule has 0 spiro atoms. The first-order chi connectivity index (χ1) is 14.0. The Bertz CT molecular complexity index is 1040. The lowest BCUT2D eigenvalue weighted by Crippen LogP contribution is -2.41. The van der Waals surface area contributed by atoms with Crippen molar-refractivity contribution in [2.24, 2.45) is 0 Å². The molecule has 0 unspecified atom stereocenters. The second kappa shape index (κ2) is 7.91. The summed E-state index contributed by atoms with van der Waals surface area (Å²) in [5.41, 5.74) is 8.79. The minimum atomic E-state index is -0.375. The van der Waals surface area contributed by atoms with Gasteiger partial charge in [0.25, 0.3) is 0 Å². The average Bonchev–Trinajstić information content (AvgIpc) is 3.12. The Morgan fingerprint density at radius 1 is 1.10 bits per heavy atom. The van der Waals surface area contributed by atoms with Crippen LogP contribution >= 0.6 is 11.8 Å². The normalized spacial score (nSPS) is 18.1. The van der Waals surface area contributed by atoms with Crippen molar-refractivity contribution in [2.45, 2.75) is 50.6 Å². The predicted molar refractivity (Wildman–Crippen MR) is 117 cm³/mol. The van der Waals surface area contributed by atoms with Gasteiger partial charge in [-0.3, -0.25) is 4.79 Å². The molecule has 0 saturated heterocycles. The van der Waals surface area contributed by atoms with E-state index in [2.05, 4.69) is 58.2 Å². The van der Waals surface area contributed by atoms with Crippen molar-refractivity contribution in [2.75, 3.05) is 10.7 Å². The average molecular weight is 408 g/mol. The Morgan fingerprint density at radius 2 is 1.83 bits per heavy atom. The van der Waals surface area contributed by atoms with Gasteiger partial charge in [-0.1, -0.05) is 66.2 Å². The molecule has 1 aliphatic heterocycles. The highest BCUT2D eigenvalue weighted by Gasteiger charge is 2.37. The van der Waals surface area contributed by atoms with Gasteiger partial charge >= 0.3 is 0 Å². The zero-order valence-electron chi connectivity index (χ0n) is 17.1. The summed E-state index contributed by atoms with van der Waals surface area (Å²) in [6.45, 7) is 8.16. The van der Waals surface area contributed by atoms with E-state index < -0.39 is 0 Å². The minimum absolute atomic E-state index is 0.0488. The van der Waals surface area contributed by atoms with Crippen molar-refractivity contribution in [3.8, 4) is 0 Å². The maximum Gasteiger partial charge on any atom is 0.240 e. The highest BCUT2D eigenvalue weighted by Crippen LogP contribution is 2.37. The van der Waals surface area contributed by atoms with Gasteiger partial charge in [0.15, 0.2) is 5.82 Å². The summed E-state index contributed by atoms with van der Waals surface area (Å²) in [4.78, 5) is 13.3. The molecule has 29 heavy (non-hydrogen) atoms. The second-order valence-electron chi connectivity index (χ2n) is 7.45.